The largest absolute Gasteiger partial charge is 0.336 e. The summed E-state index contributed by atoms with van der Waals surface area (Å²) in [5.74, 6) is -0.0358. The minimum absolute atomic E-state index is 0.0154. The van der Waals surface area contributed by atoms with Gasteiger partial charge in [-0.05, 0) is 35.7 Å². The lowest BCUT2D eigenvalue weighted by atomic mass is 10.0. The number of aromatic nitrogens is 4. The van der Waals surface area contributed by atoms with Gasteiger partial charge in [-0.15, -0.1) is 0 Å². The van der Waals surface area contributed by atoms with Crippen LogP contribution in [0.3, 0.4) is 0 Å². The van der Waals surface area contributed by atoms with Crippen molar-refractivity contribution in [2.45, 2.75) is 0 Å². The van der Waals surface area contributed by atoms with E-state index in [1.165, 1.54) is 0 Å². The molecule has 3 aromatic heterocycles. The minimum Gasteiger partial charge on any atom is -0.336 e. The van der Waals surface area contributed by atoms with Crippen molar-refractivity contribution in [1.29, 1.82) is 0 Å². The highest BCUT2D eigenvalue weighted by Crippen LogP contribution is 2.27. The molecule has 5 aromatic rings. The van der Waals surface area contributed by atoms with Crippen LogP contribution in [-0.2, 0) is 0 Å². The second-order valence-corrected chi connectivity index (χ2v) is 8.53. The summed E-state index contributed by atoms with van der Waals surface area (Å²) >= 11 is 0. The van der Waals surface area contributed by atoms with Gasteiger partial charge < -0.3 is 15.2 Å². The summed E-state index contributed by atoms with van der Waals surface area (Å²) in [6, 6.07) is 16.7. The lowest BCUT2D eigenvalue weighted by molar-refractivity contribution is 0.0736. The van der Waals surface area contributed by atoms with Crippen LogP contribution in [0.25, 0.3) is 33.1 Å². The number of carbonyl (C=O) groups excluding carboxylic acids is 2. The van der Waals surface area contributed by atoms with E-state index in [-0.39, 0.29) is 17.5 Å². The fraction of sp³-hybridized carbons (Fsp3) is 0.148. The average Bonchev–Trinajstić information content (AvgIpc) is 3.36. The van der Waals surface area contributed by atoms with E-state index in [0.29, 0.717) is 40.9 Å². The molecule has 1 fully saturated rings. The molecule has 0 atom stereocenters. The van der Waals surface area contributed by atoms with Crippen LogP contribution in [-0.4, -0.2) is 62.7 Å². The number of nitrogens with one attached hydrogen (secondary N) is 2. The van der Waals surface area contributed by atoms with E-state index >= 15 is 0 Å². The number of imidazole rings is 1. The Labute approximate surface area is 201 Å². The molecule has 0 bridgehead atoms. The van der Waals surface area contributed by atoms with Gasteiger partial charge in [-0.1, -0.05) is 24.3 Å². The van der Waals surface area contributed by atoms with Crippen LogP contribution in [0.5, 0.6) is 0 Å². The van der Waals surface area contributed by atoms with Gasteiger partial charge in [0, 0.05) is 66.8 Å². The van der Waals surface area contributed by atoms with Crippen molar-refractivity contribution in [3.63, 3.8) is 0 Å². The van der Waals surface area contributed by atoms with Crippen molar-refractivity contribution in [2.75, 3.05) is 26.2 Å². The molecule has 4 heterocycles. The first-order valence-electron chi connectivity index (χ1n) is 11.5. The molecule has 1 aliphatic heterocycles. The number of benzene rings is 2. The number of fused-ring (bicyclic) bond motifs is 2. The number of ketones is 1. The van der Waals surface area contributed by atoms with E-state index in [2.05, 4.69) is 25.3 Å². The highest BCUT2D eigenvalue weighted by atomic mass is 16.2. The summed E-state index contributed by atoms with van der Waals surface area (Å²) in [7, 11) is 0. The van der Waals surface area contributed by atoms with Gasteiger partial charge in [0.25, 0.3) is 5.91 Å². The van der Waals surface area contributed by atoms with Crippen molar-refractivity contribution in [3.05, 3.63) is 90.1 Å². The summed E-state index contributed by atoms with van der Waals surface area (Å²) in [5, 5.41) is 5.27. The third-order valence-electron chi connectivity index (χ3n) is 6.31. The Morgan fingerprint density at radius 2 is 1.77 bits per heavy atom. The van der Waals surface area contributed by atoms with Crippen molar-refractivity contribution >= 4 is 33.5 Å². The molecule has 35 heavy (non-hydrogen) atoms. The Balaban J connectivity index is 1.31. The van der Waals surface area contributed by atoms with E-state index in [1.54, 1.807) is 42.7 Å². The first-order valence-corrected chi connectivity index (χ1v) is 11.5. The zero-order chi connectivity index (χ0) is 23.8. The molecule has 0 unspecified atom stereocenters. The van der Waals surface area contributed by atoms with E-state index in [4.69, 9.17) is 0 Å². The number of aromatic amines is 1. The molecule has 6 rings (SSSR count). The highest BCUT2D eigenvalue weighted by molar-refractivity contribution is 6.09. The fourth-order valence-electron chi connectivity index (χ4n) is 4.48. The SMILES string of the molecule is O=C(c1ccnc(-c2cncc3ccccc23)c1)c1nc2ccc(C(=O)N3CCNCC3)cc2[nH]1. The summed E-state index contributed by atoms with van der Waals surface area (Å²) in [6.07, 6.45) is 5.19. The van der Waals surface area contributed by atoms with E-state index < -0.39 is 0 Å². The van der Waals surface area contributed by atoms with Crippen LogP contribution in [0.1, 0.15) is 26.5 Å². The Bertz CT molecular complexity index is 1580. The third kappa shape index (κ3) is 3.94. The highest BCUT2D eigenvalue weighted by Gasteiger charge is 2.20. The predicted molar refractivity (Wildman–Crippen MR) is 133 cm³/mol. The fourth-order valence-corrected chi connectivity index (χ4v) is 4.48. The number of hydrogen-bond donors (Lipinski definition) is 2. The van der Waals surface area contributed by atoms with E-state index in [0.717, 1.165) is 29.4 Å². The molecule has 0 aliphatic carbocycles. The topological polar surface area (TPSA) is 104 Å². The number of amides is 1. The van der Waals surface area contributed by atoms with Gasteiger partial charge in [-0.3, -0.25) is 19.6 Å². The Kier molecular flexibility index (Phi) is 5.27. The zero-order valence-electron chi connectivity index (χ0n) is 18.9. The van der Waals surface area contributed by atoms with Crippen LogP contribution >= 0.6 is 0 Å². The van der Waals surface area contributed by atoms with E-state index in [9.17, 15) is 9.59 Å². The molecule has 1 amide bonds. The number of rotatable bonds is 4. The van der Waals surface area contributed by atoms with Crippen LogP contribution in [0.2, 0.25) is 0 Å². The molecule has 1 saturated heterocycles. The quantitative estimate of drug-likeness (QED) is 0.397. The molecule has 2 aromatic carbocycles. The van der Waals surface area contributed by atoms with Crippen molar-refractivity contribution < 1.29 is 9.59 Å². The Hall–Kier alpha value is -4.43. The standard InChI is InChI=1S/C27H22N6O2/c34-25(17-7-8-30-23(13-17)21-16-29-15-19-3-1-2-4-20(19)21)26-31-22-6-5-18(14-24(22)32-26)27(35)33-11-9-28-10-12-33/h1-8,13-16,28H,9-12H2,(H,31,32). The van der Waals surface area contributed by atoms with Crippen molar-refractivity contribution in [2.24, 2.45) is 0 Å². The number of piperazine rings is 1. The smallest absolute Gasteiger partial charge is 0.254 e. The molecular formula is C27H22N6O2. The molecule has 0 radical (unpaired) electrons. The van der Waals surface area contributed by atoms with Crippen LogP contribution in [0, 0.1) is 0 Å². The summed E-state index contributed by atoms with van der Waals surface area (Å²) in [5.41, 5.74) is 3.87. The maximum Gasteiger partial charge on any atom is 0.254 e. The summed E-state index contributed by atoms with van der Waals surface area (Å²) < 4.78 is 0. The minimum atomic E-state index is -0.243. The Morgan fingerprint density at radius 3 is 2.66 bits per heavy atom. The van der Waals surface area contributed by atoms with Gasteiger partial charge in [0.15, 0.2) is 5.82 Å². The molecule has 172 valence electrons. The number of H-pyrrole nitrogens is 1. The second kappa shape index (κ2) is 8.73. The molecule has 8 nitrogen and oxygen atoms in total. The van der Waals surface area contributed by atoms with Crippen LogP contribution < -0.4 is 5.32 Å². The molecule has 2 N–H and O–H groups in total. The summed E-state index contributed by atoms with van der Waals surface area (Å²) in [6.45, 7) is 2.94. The van der Waals surface area contributed by atoms with Gasteiger partial charge in [0.2, 0.25) is 5.78 Å². The second-order valence-electron chi connectivity index (χ2n) is 8.53. The lowest BCUT2D eigenvalue weighted by Gasteiger charge is -2.27. The zero-order valence-corrected chi connectivity index (χ0v) is 18.9. The van der Waals surface area contributed by atoms with Gasteiger partial charge >= 0.3 is 0 Å². The van der Waals surface area contributed by atoms with Gasteiger partial charge in [-0.2, -0.15) is 0 Å². The van der Waals surface area contributed by atoms with Gasteiger partial charge in [0.05, 0.1) is 16.7 Å². The number of carbonyl (C=O) groups is 2. The van der Waals surface area contributed by atoms with E-state index in [1.807, 2.05) is 35.4 Å². The van der Waals surface area contributed by atoms with Crippen LogP contribution in [0.15, 0.2) is 73.2 Å². The first kappa shape index (κ1) is 21.1. The Morgan fingerprint density at radius 1 is 0.914 bits per heavy atom. The molecule has 0 spiro atoms. The number of nitrogens with zero attached hydrogens (tertiary/aromatic N) is 4. The number of pyridine rings is 2. The maximum atomic E-state index is 13.3. The molecule has 1 aliphatic rings. The van der Waals surface area contributed by atoms with Crippen molar-refractivity contribution in [3.8, 4) is 11.3 Å². The third-order valence-corrected chi connectivity index (χ3v) is 6.31. The normalized spacial score (nSPS) is 13.9. The predicted octanol–water partition coefficient (Wildman–Crippen LogP) is 3.45. The monoisotopic (exact) mass is 462 g/mol. The van der Waals surface area contributed by atoms with Gasteiger partial charge in [-0.25, -0.2) is 4.98 Å². The number of hydrogen-bond acceptors (Lipinski definition) is 6. The maximum absolute atomic E-state index is 13.3. The average molecular weight is 463 g/mol. The van der Waals surface area contributed by atoms with Crippen molar-refractivity contribution in [1.82, 2.24) is 30.2 Å². The lowest BCUT2D eigenvalue weighted by Crippen LogP contribution is -2.46. The molecular weight excluding hydrogens is 440 g/mol. The first-order chi connectivity index (χ1) is 17.2. The molecule has 0 saturated carbocycles. The van der Waals surface area contributed by atoms with Gasteiger partial charge in [0.1, 0.15) is 0 Å². The molecule has 8 heteroatoms. The van der Waals surface area contributed by atoms with Crippen LogP contribution in [0.4, 0.5) is 0 Å². The summed E-state index contributed by atoms with van der Waals surface area (Å²) in [4.78, 5) is 44.4.